The summed E-state index contributed by atoms with van der Waals surface area (Å²) in [4.78, 5) is 8.97. The van der Waals surface area contributed by atoms with Crippen LogP contribution in [-0.2, 0) is 14.8 Å². The smallest absolute Gasteiger partial charge is 0.0853 e. The van der Waals surface area contributed by atoms with Gasteiger partial charge >= 0.3 is 0 Å². The second kappa shape index (κ2) is 11.9. The molecule has 0 aromatic rings. The molecule has 0 saturated heterocycles. The maximum absolute atomic E-state index is 4.69. The third kappa shape index (κ3) is 11.9. The zero-order chi connectivity index (χ0) is 9.78. The lowest BCUT2D eigenvalue weighted by molar-refractivity contribution is -0.502. The van der Waals surface area contributed by atoms with Crippen LogP contribution in [0.4, 0.5) is 0 Å². The minimum absolute atomic E-state index is 0.627. The zero-order valence-electron chi connectivity index (χ0n) is 8.88. The SMILES string of the molecule is CCCCCCCCCOOOC. The molecule has 0 unspecified atom stereocenters. The van der Waals surface area contributed by atoms with E-state index in [4.69, 9.17) is 0 Å². The Kier molecular flexibility index (Phi) is 11.8. The van der Waals surface area contributed by atoms with Gasteiger partial charge in [0.15, 0.2) is 0 Å². The van der Waals surface area contributed by atoms with Gasteiger partial charge in [-0.3, -0.25) is 0 Å². The van der Waals surface area contributed by atoms with Crippen molar-refractivity contribution in [1.29, 1.82) is 0 Å². The van der Waals surface area contributed by atoms with Crippen molar-refractivity contribution < 1.29 is 14.8 Å². The van der Waals surface area contributed by atoms with E-state index >= 15 is 0 Å². The number of unbranched alkanes of at least 4 members (excludes halogenated alkanes) is 6. The lowest BCUT2D eigenvalue weighted by Crippen LogP contribution is -1.95. The summed E-state index contributed by atoms with van der Waals surface area (Å²) < 4.78 is 0. The molecule has 0 aliphatic carbocycles. The van der Waals surface area contributed by atoms with Crippen molar-refractivity contribution in [1.82, 2.24) is 0 Å². The quantitative estimate of drug-likeness (QED) is 0.301. The van der Waals surface area contributed by atoms with E-state index in [0.29, 0.717) is 6.61 Å². The minimum Gasteiger partial charge on any atom is -0.210 e. The van der Waals surface area contributed by atoms with Gasteiger partial charge in [0.2, 0.25) is 0 Å². The van der Waals surface area contributed by atoms with Crippen molar-refractivity contribution in [2.45, 2.75) is 51.9 Å². The van der Waals surface area contributed by atoms with Crippen molar-refractivity contribution in [3.8, 4) is 0 Å². The molecule has 13 heavy (non-hydrogen) atoms. The van der Waals surface area contributed by atoms with Gasteiger partial charge < -0.3 is 0 Å². The number of rotatable bonds is 10. The molecule has 3 nitrogen and oxygen atoms in total. The molecule has 0 radical (unpaired) electrons. The topological polar surface area (TPSA) is 27.7 Å². The number of hydrogen-bond donors (Lipinski definition) is 0. The molecule has 0 heterocycles. The van der Waals surface area contributed by atoms with Crippen LogP contribution >= 0.6 is 0 Å². The first-order chi connectivity index (χ1) is 6.41. The van der Waals surface area contributed by atoms with Crippen molar-refractivity contribution in [2.75, 3.05) is 13.7 Å². The largest absolute Gasteiger partial charge is 0.210 e. The van der Waals surface area contributed by atoms with Gasteiger partial charge in [0.05, 0.1) is 13.7 Å². The first-order valence-electron chi connectivity index (χ1n) is 5.24. The molecule has 0 amide bonds. The Morgan fingerprint density at radius 1 is 0.846 bits per heavy atom. The van der Waals surface area contributed by atoms with E-state index < -0.39 is 0 Å². The van der Waals surface area contributed by atoms with Crippen molar-refractivity contribution in [3.63, 3.8) is 0 Å². The van der Waals surface area contributed by atoms with E-state index in [-0.39, 0.29) is 0 Å². The van der Waals surface area contributed by atoms with Gasteiger partial charge in [0.25, 0.3) is 0 Å². The minimum atomic E-state index is 0.627. The van der Waals surface area contributed by atoms with Crippen LogP contribution in [0, 0.1) is 0 Å². The van der Waals surface area contributed by atoms with Crippen molar-refractivity contribution in [2.24, 2.45) is 0 Å². The summed E-state index contributed by atoms with van der Waals surface area (Å²) in [5.74, 6) is 0. The van der Waals surface area contributed by atoms with E-state index in [2.05, 4.69) is 21.7 Å². The fourth-order valence-electron chi connectivity index (χ4n) is 1.20. The summed E-state index contributed by atoms with van der Waals surface area (Å²) in [7, 11) is 1.44. The van der Waals surface area contributed by atoms with Gasteiger partial charge in [-0.1, -0.05) is 50.5 Å². The van der Waals surface area contributed by atoms with Gasteiger partial charge in [-0.25, -0.2) is 9.78 Å². The van der Waals surface area contributed by atoms with Gasteiger partial charge in [0, 0.05) is 0 Å². The average Bonchev–Trinajstić information content (AvgIpc) is 2.16. The molecular formula is C10H22O3. The lowest BCUT2D eigenvalue weighted by Gasteiger charge is -2.00. The molecule has 0 aliphatic rings. The molecule has 0 N–H and O–H groups in total. The Balaban J connectivity index is 2.76. The highest BCUT2D eigenvalue weighted by Gasteiger charge is 1.91. The van der Waals surface area contributed by atoms with Crippen LogP contribution in [0.3, 0.4) is 0 Å². The average molecular weight is 190 g/mol. The summed E-state index contributed by atoms with van der Waals surface area (Å²) in [5.41, 5.74) is 0. The molecule has 80 valence electrons. The second-order valence-electron chi connectivity index (χ2n) is 3.18. The normalized spacial score (nSPS) is 10.6. The fourth-order valence-corrected chi connectivity index (χ4v) is 1.20. The van der Waals surface area contributed by atoms with Crippen LogP contribution in [0.1, 0.15) is 51.9 Å². The Labute approximate surface area is 81.2 Å². The summed E-state index contributed by atoms with van der Waals surface area (Å²) in [6.07, 6.45) is 8.96. The van der Waals surface area contributed by atoms with Gasteiger partial charge in [-0.2, -0.15) is 0 Å². The molecule has 3 heteroatoms. The third-order valence-corrected chi connectivity index (χ3v) is 1.95. The maximum atomic E-state index is 4.69. The highest BCUT2D eigenvalue weighted by atomic mass is 17.5. The Bertz CT molecular complexity index is 76.2. The molecule has 0 aromatic heterocycles. The monoisotopic (exact) mass is 190 g/mol. The van der Waals surface area contributed by atoms with E-state index in [9.17, 15) is 0 Å². The van der Waals surface area contributed by atoms with E-state index in [1.54, 1.807) is 0 Å². The predicted molar refractivity (Wildman–Crippen MR) is 52.0 cm³/mol. The second-order valence-corrected chi connectivity index (χ2v) is 3.18. The Hall–Kier alpha value is -0.120. The first kappa shape index (κ1) is 12.9. The van der Waals surface area contributed by atoms with Crippen molar-refractivity contribution in [3.05, 3.63) is 0 Å². The van der Waals surface area contributed by atoms with E-state index in [1.165, 1.54) is 45.6 Å². The highest BCUT2D eigenvalue weighted by molar-refractivity contribution is 4.43. The van der Waals surface area contributed by atoms with Crippen LogP contribution in [0.2, 0.25) is 0 Å². The molecule has 0 aromatic carbocycles. The first-order valence-corrected chi connectivity index (χ1v) is 5.24. The predicted octanol–water partition coefficient (Wildman–Crippen LogP) is 3.25. The molecule has 0 fully saturated rings. The summed E-state index contributed by atoms with van der Waals surface area (Å²) in [5, 5.41) is 4.28. The van der Waals surface area contributed by atoms with E-state index in [1.807, 2.05) is 0 Å². The summed E-state index contributed by atoms with van der Waals surface area (Å²) in [6, 6.07) is 0. The molecule has 0 saturated carbocycles. The summed E-state index contributed by atoms with van der Waals surface area (Å²) >= 11 is 0. The van der Waals surface area contributed by atoms with Crippen LogP contribution < -0.4 is 0 Å². The van der Waals surface area contributed by atoms with Gasteiger partial charge in [-0.05, 0) is 6.42 Å². The number of hydrogen-bond acceptors (Lipinski definition) is 3. The Morgan fingerprint density at radius 2 is 1.46 bits per heavy atom. The molecule has 0 aliphatic heterocycles. The van der Waals surface area contributed by atoms with Crippen LogP contribution in [0.5, 0.6) is 0 Å². The molecule has 0 spiro atoms. The maximum Gasteiger partial charge on any atom is 0.0853 e. The van der Waals surface area contributed by atoms with Crippen LogP contribution in [0.25, 0.3) is 0 Å². The van der Waals surface area contributed by atoms with Gasteiger partial charge in [0.1, 0.15) is 0 Å². The van der Waals surface area contributed by atoms with Gasteiger partial charge in [-0.15, -0.1) is 0 Å². The molecule has 0 bridgehead atoms. The van der Waals surface area contributed by atoms with Crippen LogP contribution in [-0.4, -0.2) is 13.7 Å². The Morgan fingerprint density at radius 3 is 2.08 bits per heavy atom. The van der Waals surface area contributed by atoms with E-state index in [0.717, 1.165) is 6.42 Å². The lowest BCUT2D eigenvalue weighted by atomic mass is 10.1. The molecular weight excluding hydrogens is 168 g/mol. The summed E-state index contributed by atoms with van der Waals surface area (Å²) in [6.45, 7) is 2.86. The zero-order valence-corrected chi connectivity index (χ0v) is 8.88. The highest BCUT2D eigenvalue weighted by Crippen LogP contribution is 2.06. The van der Waals surface area contributed by atoms with Crippen molar-refractivity contribution >= 4 is 0 Å². The van der Waals surface area contributed by atoms with Crippen LogP contribution in [0.15, 0.2) is 0 Å². The fraction of sp³-hybridized carbons (Fsp3) is 1.00. The molecule has 0 atom stereocenters. The molecule has 0 rings (SSSR count). The third-order valence-electron chi connectivity index (χ3n) is 1.95. The standard InChI is InChI=1S/C10H22O3/c1-3-4-5-6-7-8-9-10-12-13-11-2/h3-10H2,1-2H3.